The van der Waals surface area contributed by atoms with E-state index < -0.39 is 11.6 Å². The van der Waals surface area contributed by atoms with E-state index in [-0.39, 0.29) is 5.78 Å². The van der Waals surface area contributed by atoms with Gasteiger partial charge in [0, 0.05) is 48.6 Å². The van der Waals surface area contributed by atoms with Crippen molar-refractivity contribution in [3.05, 3.63) is 41.1 Å². The van der Waals surface area contributed by atoms with Crippen molar-refractivity contribution >= 4 is 23.2 Å². The number of likely N-dealkylation sites (N-methyl/N-ethyl adjacent to an activating group) is 2. The normalized spacial score (nSPS) is 18.3. The molecule has 1 heterocycles. The lowest BCUT2D eigenvalue weighted by Gasteiger charge is -2.36. The summed E-state index contributed by atoms with van der Waals surface area (Å²) in [5.41, 5.74) is 8.98. The fraction of sp³-hybridized carbons (Fsp3) is 0.500. The van der Waals surface area contributed by atoms with Crippen LogP contribution in [0.2, 0.25) is 0 Å². The molecule has 172 valence electrons. The summed E-state index contributed by atoms with van der Waals surface area (Å²) in [7, 11) is 5.59. The van der Waals surface area contributed by atoms with Gasteiger partial charge >= 0.3 is 0 Å². The Morgan fingerprint density at radius 2 is 1.78 bits per heavy atom. The highest BCUT2D eigenvalue weighted by molar-refractivity contribution is 6.01. The predicted octanol–water partition coefficient (Wildman–Crippen LogP) is 2.63. The minimum absolute atomic E-state index is 0.0968. The average Bonchev–Trinajstić information content (AvgIpc) is 3.18. The summed E-state index contributed by atoms with van der Waals surface area (Å²) in [4.78, 5) is 25.1. The fourth-order valence-corrected chi connectivity index (χ4v) is 5.11. The fourth-order valence-electron chi connectivity index (χ4n) is 5.11. The number of rotatable bonds is 7. The smallest absolute Gasteiger partial charge is 0.250 e. The van der Waals surface area contributed by atoms with Crippen LogP contribution in [0.5, 0.6) is 0 Å². The van der Waals surface area contributed by atoms with Gasteiger partial charge in [0.05, 0.1) is 11.2 Å². The molecule has 1 aromatic heterocycles. The number of nitrogens with two attached hydrogens (primary N) is 1. The lowest BCUT2D eigenvalue weighted by molar-refractivity contribution is 0.0902. The molecule has 1 fully saturated rings. The highest BCUT2D eigenvalue weighted by Gasteiger charge is 2.39. The second-order valence-corrected chi connectivity index (χ2v) is 8.91. The Balaban J connectivity index is 1.80. The van der Waals surface area contributed by atoms with Gasteiger partial charge in [-0.15, -0.1) is 0 Å². The van der Waals surface area contributed by atoms with Gasteiger partial charge < -0.3 is 27.0 Å². The first kappa shape index (κ1) is 22.4. The van der Waals surface area contributed by atoms with Crippen molar-refractivity contribution in [3.8, 4) is 5.69 Å². The minimum atomic E-state index is -0.498. The number of aromatic nitrogens is 1. The van der Waals surface area contributed by atoms with E-state index in [4.69, 9.17) is 5.73 Å². The second-order valence-electron chi connectivity index (χ2n) is 8.91. The minimum Gasteiger partial charge on any atom is -0.382 e. The molecule has 8 heteroatoms. The van der Waals surface area contributed by atoms with E-state index in [1.54, 1.807) is 6.07 Å². The summed E-state index contributed by atoms with van der Waals surface area (Å²) in [6, 6.07) is 7.91. The molecule has 0 bridgehead atoms. The number of hydrogen-bond donors (Lipinski definition) is 5. The molecule has 0 radical (unpaired) electrons. The maximum absolute atomic E-state index is 13.0. The molecule has 6 N–H and O–H groups in total. The topological polar surface area (TPSA) is 113 Å². The number of ketones is 1. The molecule has 1 aromatic carbocycles. The van der Waals surface area contributed by atoms with Gasteiger partial charge in [-0.05, 0) is 51.2 Å². The van der Waals surface area contributed by atoms with Gasteiger partial charge in [-0.2, -0.15) is 0 Å². The molecular weight excluding hydrogens is 404 g/mol. The van der Waals surface area contributed by atoms with Gasteiger partial charge in [0.15, 0.2) is 5.78 Å². The zero-order valence-corrected chi connectivity index (χ0v) is 19.2. The highest BCUT2D eigenvalue weighted by atomic mass is 16.1. The molecule has 2 aromatic rings. The average molecular weight is 439 g/mol. The van der Waals surface area contributed by atoms with Crippen LogP contribution >= 0.6 is 0 Å². The van der Waals surface area contributed by atoms with Crippen molar-refractivity contribution in [1.29, 1.82) is 0 Å². The lowest BCUT2D eigenvalue weighted by Crippen LogP contribution is -2.58. The van der Waals surface area contributed by atoms with Crippen LogP contribution in [0.25, 0.3) is 5.69 Å². The summed E-state index contributed by atoms with van der Waals surface area (Å²) < 4.78 is 2.08. The van der Waals surface area contributed by atoms with Crippen molar-refractivity contribution in [2.75, 3.05) is 31.8 Å². The number of primary amides is 1. The Labute approximate surface area is 189 Å². The number of nitrogens with one attached hydrogen (secondary N) is 4. The third-order valence-corrected chi connectivity index (χ3v) is 7.04. The first-order valence-electron chi connectivity index (χ1n) is 11.5. The van der Waals surface area contributed by atoms with E-state index >= 15 is 0 Å². The Morgan fingerprint density at radius 3 is 2.41 bits per heavy atom. The van der Waals surface area contributed by atoms with Crippen molar-refractivity contribution in [3.63, 3.8) is 0 Å². The van der Waals surface area contributed by atoms with Crippen LogP contribution in [-0.4, -0.2) is 49.1 Å². The van der Waals surface area contributed by atoms with E-state index in [2.05, 4.69) is 25.8 Å². The predicted molar refractivity (Wildman–Crippen MR) is 128 cm³/mol. The molecule has 2 aliphatic rings. The van der Waals surface area contributed by atoms with Crippen LogP contribution in [0.3, 0.4) is 0 Å². The Morgan fingerprint density at radius 1 is 1.06 bits per heavy atom. The first-order chi connectivity index (χ1) is 15.4. The van der Waals surface area contributed by atoms with Crippen molar-refractivity contribution in [2.45, 2.75) is 56.7 Å². The monoisotopic (exact) mass is 438 g/mol. The van der Waals surface area contributed by atoms with Crippen LogP contribution < -0.4 is 27.0 Å². The second kappa shape index (κ2) is 8.96. The van der Waals surface area contributed by atoms with Crippen LogP contribution in [0.1, 0.15) is 64.9 Å². The first-order valence-corrected chi connectivity index (χ1v) is 11.5. The van der Waals surface area contributed by atoms with Gasteiger partial charge in [0.25, 0.3) is 5.91 Å². The van der Waals surface area contributed by atoms with Crippen molar-refractivity contribution in [1.82, 2.24) is 15.2 Å². The lowest BCUT2D eigenvalue weighted by atomic mass is 9.86. The SMILES string of the molecule is CNc1cc2c(n1-c1ccc(C(N)=O)c(NC3CCCCC3)c1)CC(NC)(NC)CC2=O. The largest absolute Gasteiger partial charge is 0.382 e. The summed E-state index contributed by atoms with van der Waals surface area (Å²) in [5.74, 6) is 0.485. The molecule has 0 unspecified atom stereocenters. The van der Waals surface area contributed by atoms with E-state index in [0.29, 0.717) is 24.4 Å². The molecule has 2 aliphatic carbocycles. The number of Topliss-reactive ketones (excluding diaryl/α,β-unsaturated/α-hetero) is 1. The van der Waals surface area contributed by atoms with Gasteiger partial charge in [-0.1, -0.05) is 19.3 Å². The maximum Gasteiger partial charge on any atom is 0.250 e. The summed E-state index contributed by atoms with van der Waals surface area (Å²) in [6.45, 7) is 0. The summed E-state index contributed by atoms with van der Waals surface area (Å²) in [5, 5.41) is 13.4. The molecule has 1 saturated carbocycles. The van der Waals surface area contributed by atoms with E-state index in [9.17, 15) is 9.59 Å². The van der Waals surface area contributed by atoms with Crippen LogP contribution in [-0.2, 0) is 6.42 Å². The number of carbonyl (C=O) groups is 2. The molecule has 32 heavy (non-hydrogen) atoms. The number of nitrogens with zero attached hydrogens (tertiary/aromatic N) is 1. The van der Waals surface area contributed by atoms with Crippen LogP contribution in [0.15, 0.2) is 24.3 Å². The zero-order chi connectivity index (χ0) is 22.9. The molecule has 0 aliphatic heterocycles. The molecular formula is C24H34N6O2. The standard InChI is InChI=1S/C24H34N6O2/c1-26-22-12-18-20(13-24(27-2,28-3)14-21(18)31)30(22)16-9-10-17(23(25)32)19(11-16)29-15-7-5-4-6-8-15/h9-12,15,26-29H,4-8,13-14H2,1-3H3,(H2,25,32). The number of benzene rings is 1. The maximum atomic E-state index is 13.0. The van der Waals surface area contributed by atoms with Crippen molar-refractivity contribution in [2.24, 2.45) is 5.73 Å². The number of hydrogen-bond acceptors (Lipinski definition) is 6. The van der Waals surface area contributed by atoms with Crippen LogP contribution in [0.4, 0.5) is 11.5 Å². The number of fused-ring (bicyclic) bond motifs is 1. The van der Waals surface area contributed by atoms with E-state index in [0.717, 1.165) is 41.3 Å². The third kappa shape index (κ3) is 4.00. The third-order valence-electron chi connectivity index (χ3n) is 7.04. The Hall–Kier alpha value is -2.84. The summed E-state index contributed by atoms with van der Waals surface area (Å²) in [6.07, 6.45) is 6.84. The summed E-state index contributed by atoms with van der Waals surface area (Å²) >= 11 is 0. The van der Waals surface area contributed by atoms with Gasteiger partial charge in [-0.3, -0.25) is 14.2 Å². The quantitative estimate of drug-likeness (QED) is 0.425. The number of amides is 1. The van der Waals surface area contributed by atoms with E-state index in [1.807, 2.05) is 39.3 Å². The molecule has 0 saturated heterocycles. The molecule has 4 rings (SSSR count). The van der Waals surface area contributed by atoms with E-state index in [1.165, 1.54) is 19.3 Å². The highest BCUT2D eigenvalue weighted by Crippen LogP contribution is 2.35. The van der Waals surface area contributed by atoms with Crippen LogP contribution in [0, 0.1) is 0 Å². The number of anilines is 2. The van der Waals surface area contributed by atoms with Crippen molar-refractivity contribution < 1.29 is 9.59 Å². The Bertz CT molecular complexity index is 1020. The molecule has 1 amide bonds. The molecule has 8 nitrogen and oxygen atoms in total. The van der Waals surface area contributed by atoms with Gasteiger partial charge in [0.2, 0.25) is 0 Å². The molecule has 0 atom stereocenters. The van der Waals surface area contributed by atoms with Gasteiger partial charge in [0.1, 0.15) is 5.82 Å². The van der Waals surface area contributed by atoms with Gasteiger partial charge in [-0.25, -0.2) is 0 Å². The Kier molecular flexibility index (Phi) is 6.26. The zero-order valence-electron chi connectivity index (χ0n) is 19.2. The number of carbonyl (C=O) groups excluding carboxylic acids is 2. The molecule has 0 spiro atoms.